The minimum atomic E-state index is -0.304. The summed E-state index contributed by atoms with van der Waals surface area (Å²) in [6.45, 7) is 1.36. The second-order valence-electron chi connectivity index (χ2n) is 4.47. The summed E-state index contributed by atoms with van der Waals surface area (Å²) >= 11 is 5.99. The number of carbonyl (C=O) groups excluding carboxylic acids is 2. The van der Waals surface area contributed by atoms with Crippen molar-refractivity contribution >= 4 is 34.8 Å². The van der Waals surface area contributed by atoms with Crippen LogP contribution < -0.4 is 10.2 Å². The lowest BCUT2D eigenvalue weighted by atomic mass is 10.2. The number of amides is 2. The molecule has 0 atom stereocenters. The fourth-order valence-electron chi connectivity index (χ4n) is 1.89. The van der Waals surface area contributed by atoms with E-state index in [1.54, 1.807) is 36.4 Å². The third kappa shape index (κ3) is 4.07. The van der Waals surface area contributed by atoms with Crippen molar-refractivity contribution in [2.45, 2.75) is 6.92 Å². The van der Waals surface area contributed by atoms with Gasteiger partial charge in [0, 0.05) is 12.6 Å². The average molecular weight is 303 g/mol. The van der Waals surface area contributed by atoms with Crippen LogP contribution in [0.4, 0.5) is 11.4 Å². The van der Waals surface area contributed by atoms with Gasteiger partial charge in [-0.3, -0.25) is 9.59 Å². The van der Waals surface area contributed by atoms with Gasteiger partial charge in [-0.15, -0.1) is 0 Å². The third-order valence-electron chi connectivity index (χ3n) is 2.90. The van der Waals surface area contributed by atoms with Crippen LogP contribution in [0.5, 0.6) is 0 Å². The van der Waals surface area contributed by atoms with E-state index < -0.39 is 0 Å². The van der Waals surface area contributed by atoms with Crippen LogP contribution in [0.25, 0.3) is 0 Å². The van der Waals surface area contributed by atoms with Gasteiger partial charge in [0.2, 0.25) is 11.8 Å². The van der Waals surface area contributed by atoms with E-state index in [0.29, 0.717) is 16.4 Å². The number of nitrogens with one attached hydrogen (secondary N) is 1. The number of carbonyl (C=O) groups is 2. The Kier molecular flexibility index (Phi) is 4.95. The monoisotopic (exact) mass is 302 g/mol. The molecular formula is C16H15ClN2O2. The van der Waals surface area contributed by atoms with E-state index in [2.05, 4.69) is 5.32 Å². The molecule has 0 aliphatic carbocycles. The number of hydrogen-bond donors (Lipinski definition) is 1. The number of para-hydroxylation sites is 2. The molecule has 21 heavy (non-hydrogen) atoms. The molecule has 5 heteroatoms. The zero-order valence-corrected chi connectivity index (χ0v) is 12.3. The van der Waals surface area contributed by atoms with Crippen molar-refractivity contribution in [2.75, 3.05) is 16.8 Å². The Labute approximate surface area is 128 Å². The molecule has 0 aliphatic rings. The molecule has 0 heterocycles. The summed E-state index contributed by atoms with van der Waals surface area (Å²) in [4.78, 5) is 25.2. The number of rotatable bonds is 4. The lowest BCUT2D eigenvalue weighted by Gasteiger charge is -2.20. The summed E-state index contributed by atoms with van der Waals surface area (Å²) in [5, 5.41) is 3.16. The third-order valence-corrected chi connectivity index (χ3v) is 3.23. The van der Waals surface area contributed by atoms with Gasteiger partial charge in [0.25, 0.3) is 0 Å². The molecule has 0 saturated carbocycles. The van der Waals surface area contributed by atoms with Crippen LogP contribution in [-0.2, 0) is 9.59 Å². The van der Waals surface area contributed by atoms with Crippen molar-refractivity contribution in [3.63, 3.8) is 0 Å². The minimum absolute atomic E-state index is 0.0649. The maximum absolute atomic E-state index is 12.1. The van der Waals surface area contributed by atoms with Gasteiger partial charge in [-0.2, -0.15) is 0 Å². The molecule has 2 amide bonds. The highest BCUT2D eigenvalue weighted by Gasteiger charge is 2.16. The summed E-state index contributed by atoms with van der Waals surface area (Å²) in [6.07, 6.45) is 0. The minimum Gasteiger partial charge on any atom is -0.323 e. The van der Waals surface area contributed by atoms with E-state index in [1.807, 2.05) is 18.2 Å². The molecule has 0 bridgehead atoms. The first-order valence-electron chi connectivity index (χ1n) is 6.45. The quantitative estimate of drug-likeness (QED) is 0.942. The normalized spacial score (nSPS) is 10.0. The van der Waals surface area contributed by atoms with Crippen molar-refractivity contribution in [3.05, 3.63) is 59.6 Å². The SMILES string of the molecule is CC(=O)N(CC(=O)Nc1ccccc1Cl)c1ccccc1. The van der Waals surface area contributed by atoms with E-state index in [9.17, 15) is 9.59 Å². The fourth-order valence-corrected chi connectivity index (χ4v) is 2.07. The van der Waals surface area contributed by atoms with Gasteiger partial charge < -0.3 is 10.2 Å². The van der Waals surface area contributed by atoms with Crippen LogP contribution in [0, 0.1) is 0 Å². The first kappa shape index (κ1) is 15.1. The van der Waals surface area contributed by atoms with E-state index >= 15 is 0 Å². The molecule has 2 aromatic carbocycles. The van der Waals surface area contributed by atoms with Crippen molar-refractivity contribution in [3.8, 4) is 0 Å². The lowest BCUT2D eigenvalue weighted by Crippen LogP contribution is -2.36. The largest absolute Gasteiger partial charge is 0.323 e. The number of halogens is 1. The van der Waals surface area contributed by atoms with Crippen molar-refractivity contribution in [2.24, 2.45) is 0 Å². The molecule has 1 N–H and O–H groups in total. The number of benzene rings is 2. The van der Waals surface area contributed by atoms with Crippen LogP contribution in [0.1, 0.15) is 6.92 Å². The summed E-state index contributed by atoms with van der Waals surface area (Å²) in [7, 11) is 0. The summed E-state index contributed by atoms with van der Waals surface area (Å²) < 4.78 is 0. The standard InChI is InChI=1S/C16H15ClN2O2/c1-12(20)19(13-7-3-2-4-8-13)11-16(21)18-15-10-6-5-9-14(15)17/h2-10H,11H2,1H3,(H,18,21). The average Bonchev–Trinajstić information content (AvgIpc) is 2.48. The first-order chi connectivity index (χ1) is 10.1. The van der Waals surface area contributed by atoms with Gasteiger partial charge in [0.15, 0.2) is 0 Å². The number of anilines is 2. The van der Waals surface area contributed by atoms with E-state index in [4.69, 9.17) is 11.6 Å². The molecule has 0 aliphatic heterocycles. The van der Waals surface area contributed by atoms with Crippen molar-refractivity contribution in [1.82, 2.24) is 0 Å². The van der Waals surface area contributed by atoms with Crippen LogP contribution >= 0.6 is 11.6 Å². The van der Waals surface area contributed by atoms with E-state index in [1.165, 1.54) is 11.8 Å². The molecule has 0 saturated heterocycles. The van der Waals surface area contributed by atoms with Crippen LogP contribution in [0.2, 0.25) is 5.02 Å². The Hall–Kier alpha value is -2.33. The van der Waals surface area contributed by atoms with Crippen LogP contribution in [0.3, 0.4) is 0 Å². The first-order valence-corrected chi connectivity index (χ1v) is 6.83. The summed E-state index contributed by atoms with van der Waals surface area (Å²) in [5.74, 6) is -0.502. The van der Waals surface area contributed by atoms with Gasteiger partial charge in [-0.1, -0.05) is 41.9 Å². The van der Waals surface area contributed by atoms with E-state index in [0.717, 1.165) is 0 Å². The van der Waals surface area contributed by atoms with Gasteiger partial charge in [-0.25, -0.2) is 0 Å². The molecule has 0 aromatic heterocycles. The van der Waals surface area contributed by atoms with Gasteiger partial charge in [-0.05, 0) is 24.3 Å². The maximum Gasteiger partial charge on any atom is 0.244 e. The molecule has 0 unspecified atom stereocenters. The molecule has 4 nitrogen and oxygen atoms in total. The highest BCUT2D eigenvalue weighted by Crippen LogP contribution is 2.20. The molecular weight excluding hydrogens is 288 g/mol. The second kappa shape index (κ2) is 6.90. The molecule has 0 spiro atoms. The Morgan fingerprint density at radius 3 is 2.29 bits per heavy atom. The Morgan fingerprint density at radius 2 is 1.67 bits per heavy atom. The fraction of sp³-hybridized carbons (Fsp3) is 0.125. The summed E-state index contributed by atoms with van der Waals surface area (Å²) in [5.41, 5.74) is 1.21. The van der Waals surface area contributed by atoms with Crippen LogP contribution in [-0.4, -0.2) is 18.4 Å². The maximum atomic E-state index is 12.1. The van der Waals surface area contributed by atoms with Crippen LogP contribution in [0.15, 0.2) is 54.6 Å². The Morgan fingerprint density at radius 1 is 1.05 bits per heavy atom. The predicted molar refractivity (Wildman–Crippen MR) is 84.6 cm³/mol. The molecule has 2 aromatic rings. The zero-order chi connectivity index (χ0) is 15.2. The lowest BCUT2D eigenvalue weighted by molar-refractivity contribution is -0.120. The summed E-state index contributed by atoms with van der Waals surface area (Å²) in [6, 6.07) is 16.0. The molecule has 0 radical (unpaired) electrons. The zero-order valence-electron chi connectivity index (χ0n) is 11.5. The number of nitrogens with zero attached hydrogens (tertiary/aromatic N) is 1. The predicted octanol–water partition coefficient (Wildman–Crippen LogP) is 3.33. The smallest absolute Gasteiger partial charge is 0.244 e. The highest BCUT2D eigenvalue weighted by molar-refractivity contribution is 6.33. The van der Waals surface area contributed by atoms with Gasteiger partial charge in [0.05, 0.1) is 10.7 Å². The molecule has 2 rings (SSSR count). The van der Waals surface area contributed by atoms with Crippen molar-refractivity contribution < 1.29 is 9.59 Å². The second-order valence-corrected chi connectivity index (χ2v) is 4.88. The molecule has 108 valence electrons. The Balaban J connectivity index is 2.10. The highest BCUT2D eigenvalue weighted by atomic mass is 35.5. The topological polar surface area (TPSA) is 49.4 Å². The van der Waals surface area contributed by atoms with Gasteiger partial charge >= 0.3 is 0 Å². The molecule has 0 fully saturated rings. The Bertz CT molecular complexity index is 644. The van der Waals surface area contributed by atoms with E-state index in [-0.39, 0.29) is 18.4 Å². The van der Waals surface area contributed by atoms with Crippen molar-refractivity contribution in [1.29, 1.82) is 0 Å². The van der Waals surface area contributed by atoms with Gasteiger partial charge in [0.1, 0.15) is 6.54 Å². The number of hydrogen-bond acceptors (Lipinski definition) is 2.